The van der Waals surface area contributed by atoms with Gasteiger partial charge in [0.05, 0.1) is 18.2 Å². The summed E-state index contributed by atoms with van der Waals surface area (Å²) in [6.45, 7) is 9.99. The molecule has 1 heterocycles. The molecule has 32 heavy (non-hydrogen) atoms. The van der Waals surface area contributed by atoms with Gasteiger partial charge in [-0.1, -0.05) is 74.5 Å². The van der Waals surface area contributed by atoms with E-state index in [1.807, 2.05) is 20.8 Å². The van der Waals surface area contributed by atoms with Gasteiger partial charge in [0.25, 0.3) is 0 Å². The van der Waals surface area contributed by atoms with E-state index < -0.39 is 5.60 Å². The highest BCUT2D eigenvalue weighted by molar-refractivity contribution is 5.68. The molecule has 1 saturated heterocycles. The maximum atomic E-state index is 12.5. The minimum atomic E-state index is -0.511. The van der Waals surface area contributed by atoms with Gasteiger partial charge in [0, 0.05) is 6.04 Å². The van der Waals surface area contributed by atoms with Crippen molar-refractivity contribution in [3.63, 3.8) is 0 Å². The Hall–Kier alpha value is -2.37. The van der Waals surface area contributed by atoms with E-state index in [2.05, 4.69) is 104 Å². The van der Waals surface area contributed by atoms with Gasteiger partial charge < -0.3 is 10.1 Å². The molecule has 0 aromatic heterocycles. The van der Waals surface area contributed by atoms with Crippen LogP contribution in [0.15, 0.2) is 60.7 Å². The third-order valence-electron chi connectivity index (χ3n) is 6.37. The lowest BCUT2D eigenvalue weighted by Gasteiger charge is -2.33. The average Bonchev–Trinajstić information content (AvgIpc) is 2.97. The van der Waals surface area contributed by atoms with Crippen LogP contribution < -0.4 is 5.32 Å². The van der Waals surface area contributed by atoms with E-state index in [0.29, 0.717) is 0 Å². The van der Waals surface area contributed by atoms with Crippen LogP contribution in [0.5, 0.6) is 0 Å². The van der Waals surface area contributed by atoms with Gasteiger partial charge in [-0.15, -0.1) is 0 Å². The summed E-state index contributed by atoms with van der Waals surface area (Å²) in [4.78, 5) is 17.4. The Morgan fingerprint density at radius 1 is 0.906 bits per heavy atom. The number of carbonyl (C=O) groups excluding carboxylic acids is 1. The summed E-state index contributed by atoms with van der Waals surface area (Å²) < 4.78 is 5.54. The summed E-state index contributed by atoms with van der Waals surface area (Å²) in [5.74, 6) is 0.287. The van der Waals surface area contributed by atoms with Gasteiger partial charge in [0.2, 0.25) is 0 Å². The average molecular weight is 438 g/mol. The van der Waals surface area contributed by atoms with E-state index in [0.717, 1.165) is 6.42 Å². The first kappa shape index (κ1) is 24.3. The molecule has 1 fully saturated rings. The first-order valence-corrected chi connectivity index (χ1v) is 11.6. The molecule has 0 spiro atoms. The second-order valence-corrected chi connectivity index (χ2v) is 10.3. The van der Waals surface area contributed by atoms with Crippen LogP contribution >= 0.6 is 0 Å². The highest BCUT2D eigenvalue weighted by atomic mass is 16.6. The van der Waals surface area contributed by atoms with Gasteiger partial charge in [-0.05, 0) is 58.3 Å². The van der Waals surface area contributed by atoms with Crippen molar-refractivity contribution in [2.45, 2.75) is 70.9 Å². The van der Waals surface area contributed by atoms with Crippen molar-refractivity contribution in [2.75, 3.05) is 14.1 Å². The van der Waals surface area contributed by atoms with E-state index in [9.17, 15) is 4.79 Å². The molecule has 0 aliphatic carbocycles. The Balaban J connectivity index is 1.88. The topological polar surface area (TPSA) is 44.8 Å². The van der Waals surface area contributed by atoms with Crippen molar-refractivity contribution in [1.29, 1.82) is 0 Å². The number of likely N-dealkylation sites (N-methyl/N-ethyl adjacent to an activating group) is 2. The lowest BCUT2D eigenvalue weighted by Crippen LogP contribution is -2.47. The number of hydrogen-bond acceptors (Lipinski definition) is 4. The Labute approximate surface area is 193 Å². The van der Waals surface area contributed by atoms with E-state index in [4.69, 9.17) is 4.74 Å². The molecule has 1 amide bonds. The normalized spacial score (nSPS) is 21.6. The number of rotatable bonds is 6. The lowest BCUT2D eigenvalue weighted by molar-refractivity contribution is 0.0456. The molecule has 1 aliphatic heterocycles. The number of nitrogens with one attached hydrogen (secondary N) is 1. The third kappa shape index (κ3) is 5.70. The van der Waals surface area contributed by atoms with Crippen LogP contribution in [0, 0.1) is 5.92 Å². The molecule has 1 aliphatic rings. The van der Waals surface area contributed by atoms with Gasteiger partial charge in [0.15, 0.2) is 0 Å². The predicted molar refractivity (Wildman–Crippen MR) is 130 cm³/mol. The maximum Gasteiger partial charge on any atom is 0.407 e. The highest BCUT2D eigenvalue weighted by Gasteiger charge is 2.45. The van der Waals surface area contributed by atoms with Crippen molar-refractivity contribution in [2.24, 2.45) is 5.92 Å². The fraction of sp³-hybridized carbons (Fsp3) is 0.519. The molecule has 5 heteroatoms. The largest absolute Gasteiger partial charge is 0.444 e. The van der Waals surface area contributed by atoms with Crippen LogP contribution in [0.3, 0.4) is 0 Å². The van der Waals surface area contributed by atoms with E-state index in [1.54, 1.807) is 0 Å². The molecule has 0 bridgehead atoms. The fourth-order valence-electron chi connectivity index (χ4n) is 4.76. The minimum absolute atomic E-state index is 0.00527. The summed E-state index contributed by atoms with van der Waals surface area (Å²) in [6, 6.07) is 21.9. The van der Waals surface area contributed by atoms with Crippen LogP contribution in [0.25, 0.3) is 0 Å². The van der Waals surface area contributed by atoms with Gasteiger partial charge in [0.1, 0.15) is 5.60 Å². The molecule has 0 unspecified atom stereocenters. The smallest absolute Gasteiger partial charge is 0.407 e. The van der Waals surface area contributed by atoms with E-state index in [1.165, 1.54) is 11.1 Å². The van der Waals surface area contributed by atoms with Crippen molar-refractivity contribution >= 4 is 6.09 Å². The van der Waals surface area contributed by atoms with E-state index >= 15 is 0 Å². The number of nitrogens with zero attached hydrogens (tertiary/aromatic N) is 2. The molecule has 174 valence electrons. The monoisotopic (exact) mass is 437 g/mol. The van der Waals surface area contributed by atoms with Gasteiger partial charge in [-0.25, -0.2) is 4.79 Å². The summed E-state index contributed by atoms with van der Waals surface area (Å²) >= 11 is 0. The third-order valence-corrected chi connectivity index (χ3v) is 6.37. The molecule has 0 saturated carbocycles. The number of amides is 1. The van der Waals surface area contributed by atoms with Crippen molar-refractivity contribution in [3.8, 4) is 0 Å². The number of hydrogen-bond donors (Lipinski definition) is 1. The first-order valence-electron chi connectivity index (χ1n) is 11.6. The Morgan fingerprint density at radius 3 is 1.72 bits per heavy atom. The standard InChI is InChI=1S/C27H39N3O2/c1-19(2)22(28-26(31)32-27(3,4)5)18-23-29(6)24(20-14-10-8-11-15-20)25(30(23)7)21-16-12-9-13-17-21/h8-17,19,22-25H,18H2,1-7H3,(H,28,31)/t22-,24-,25-/m1/s1. The Kier molecular flexibility index (Phi) is 7.63. The molecular weight excluding hydrogens is 398 g/mol. The molecule has 3 atom stereocenters. The second-order valence-electron chi connectivity index (χ2n) is 10.3. The van der Waals surface area contributed by atoms with E-state index in [-0.39, 0.29) is 36.3 Å². The summed E-state index contributed by atoms with van der Waals surface area (Å²) in [7, 11) is 4.40. The first-order chi connectivity index (χ1) is 15.1. The van der Waals surface area contributed by atoms with Crippen LogP contribution in [0.1, 0.15) is 64.3 Å². The van der Waals surface area contributed by atoms with Crippen LogP contribution in [-0.2, 0) is 4.74 Å². The van der Waals surface area contributed by atoms with Crippen molar-refractivity contribution in [1.82, 2.24) is 15.1 Å². The van der Waals surface area contributed by atoms with Crippen LogP contribution in [0.2, 0.25) is 0 Å². The molecule has 5 nitrogen and oxygen atoms in total. The summed E-state index contributed by atoms with van der Waals surface area (Å²) in [5.41, 5.74) is 2.10. The zero-order chi connectivity index (χ0) is 23.5. The second kappa shape index (κ2) is 10.1. The van der Waals surface area contributed by atoms with Crippen LogP contribution in [0.4, 0.5) is 4.79 Å². The molecule has 1 N–H and O–H groups in total. The SMILES string of the molecule is CC(C)[C@@H](CC1N(C)[C@H](c2ccccc2)[C@@H](c2ccccc2)N1C)NC(=O)OC(C)(C)C. The summed E-state index contributed by atoms with van der Waals surface area (Å²) in [5, 5.41) is 3.14. The van der Waals surface area contributed by atoms with Gasteiger partial charge in [-0.3, -0.25) is 9.80 Å². The summed E-state index contributed by atoms with van der Waals surface area (Å²) in [6.07, 6.45) is 0.641. The minimum Gasteiger partial charge on any atom is -0.444 e. The number of benzene rings is 2. The van der Waals surface area contributed by atoms with Crippen molar-refractivity contribution < 1.29 is 9.53 Å². The van der Waals surface area contributed by atoms with Crippen molar-refractivity contribution in [3.05, 3.63) is 71.8 Å². The number of carbonyl (C=O) groups is 1. The number of alkyl carbamates (subject to hydrolysis) is 1. The fourth-order valence-corrected chi connectivity index (χ4v) is 4.76. The molecule has 0 radical (unpaired) electrons. The zero-order valence-corrected chi connectivity index (χ0v) is 20.6. The Bertz CT molecular complexity index is 812. The Morgan fingerprint density at radius 2 is 1.34 bits per heavy atom. The predicted octanol–water partition coefficient (Wildman–Crippen LogP) is 5.61. The molecule has 2 aromatic rings. The molecular formula is C27H39N3O2. The lowest BCUT2D eigenvalue weighted by atomic mass is 9.93. The zero-order valence-electron chi connectivity index (χ0n) is 20.6. The molecule has 3 rings (SSSR count). The van der Waals surface area contributed by atoms with Gasteiger partial charge in [-0.2, -0.15) is 0 Å². The quantitative estimate of drug-likeness (QED) is 0.638. The van der Waals surface area contributed by atoms with Gasteiger partial charge >= 0.3 is 6.09 Å². The highest BCUT2D eigenvalue weighted by Crippen LogP contribution is 2.46. The molecule has 2 aromatic carbocycles. The van der Waals surface area contributed by atoms with Crippen LogP contribution in [-0.4, -0.2) is 47.8 Å². The maximum absolute atomic E-state index is 12.5. The number of ether oxygens (including phenoxy) is 1.